The summed E-state index contributed by atoms with van der Waals surface area (Å²) in [5.74, 6) is -3.36. The number of allylic oxidation sites excluding steroid dienone is 2. The molecule has 6 nitrogen and oxygen atoms in total. The van der Waals surface area contributed by atoms with Crippen molar-refractivity contribution in [2.75, 3.05) is 0 Å². The number of carbonyl (C=O) groups is 4. The van der Waals surface area contributed by atoms with Crippen LogP contribution in [0, 0.1) is 0 Å². The van der Waals surface area contributed by atoms with E-state index < -0.39 is 23.5 Å². The van der Waals surface area contributed by atoms with Gasteiger partial charge in [0.05, 0.1) is 0 Å². The van der Waals surface area contributed by atoms with Crippen molar-refractivity contribution in [3.8, 4) is 0 Å². The van der Waals surface area contributed by atoms with Crippen LogP contribution in [0.5, 0.6) is 0 Å². The van der Waals surface area contributed by atoms with Crippen LogP contribution in [-0.2, 0) is 19.2 Å². The summed E-state index contributed by atoms with van der Waals surface area (Å²) < 4.78 is 0. The van der Waals surface area contributed by atoms with Crippen molar-refractivity contribution < 1.29 is 29.4 Å². The maximum absolute atomic E-state index is 11.3. The SMILES string of the molecule is CC(=CC(=O)CCC(=O)C=C(C)C(=O)O)C(=O)O. The highest BCUT2D eigenvalue weighted by molar-refractivity contribution is 6.02. The Bertz CT molecular complexity index is 399. The van der Waals surface area contributed by atoms with Crippen LogP contribution in [0.2, 0.25) is 0 Å². The zero-order chi connectivity index (χ0) is 14.3. The zero-order valence-corrected chi connectivity index (χ0v) is 10.1. The van der Waals surface area contributed by atoms with Crippen LogP contribution in [0.1, 0.15) is 26.7 Å². The van der Waals surface area contributed by atoms with E-state index in [9.17, 15) is 19.2 Å². The van der Waals surface area contributed by atoms with Gasteiger partial charge in [0.15, 0.2) is 11.6 Å². The highest BCUT2D eigenvalue weighted by Crippen LogP contribution is 2.02. The summed E-state index contributed by atoms with van der Waals surface area (Å²) in [5.41, 5.74) is -0.214. The molecule has 0 saturated carbocycles. The summed E-state index contributed by atoms with van der Waals surface area (Å²) in [7, 11) is 0. The number of ketones is 2. The van der Waals surface area contributed by atoms with E-state index in [1.165, 1.54) is 13.8 Å². The lowest BCUT2D eigenvalue weighted by Gasteiger charge is -1.96. The molecule has 2 N–H and O–H groups in total. The minimum atomic E-state index is -1.20. The molecule has 6 heteroatoms. The van der Waals surface area contributed by atoms with E-state index >= 15 is 0 Å². The first-order valence-electron chi connectivity index (χ1n) is 5.13. The molecule has 0 aromatic rings. The minimum Gasteiger partial charge on any atom is -0.478 e. The number of rotatable bonds is 7. The highest BCUT2D eigenvalue weighted by atomic mass is 16.4. The second-order valence-corrected chi connectivity index (χ2v) is 3.70. The Morgan fingerprint density at radius 1 is 0.778 bits per heavy atom. The molecule has 0 heterocycles. The molecule has 98 valence electrons. The molecule has 0 aliphatic carbocycles. The van der Waals surface area contributed by atoms with Crippen molar-refractivity contribution in [3.05, 3.63) is 23.3 Å². The monoisotopic (exact) mass is 254 g/mol. The maximum Gasteiger partial charge on any atom is 0.331 e. The molecule has 0 aliphatic rings. The number of aliphatic carboxylic acids is 2. The number of carboxylic acids is 2. The second kappa shape index (κ2) is 7.16. The number of carbonyl (C=O) groups excluding carboxylic acids is 2. The van der Waals surface area contributed by atoms with Crippen LogP contribution in [0.3, 0.4) is 0 Å². The van der Waals surface area contributed by atoms with Crippen LogP contribution < -0.4 is 0 Å². The van der Waals surface area contributed by atoms with E-state index in [0.29, 0.717) is 0 Å². The predicted molar refractivity (Wildman–Crippen MR) is 62.0 cm³/mol. The Balaban J connectivity index is 4.36. The Hall–Kier alpha value is -2.24. The van der Waals surface area contributed by atoms with Gasteiger partial charge >= 0.3 is 11.9 Å². The van der Waals surface area contributed by atoms with Crippen LogP contribution in [-0.4, -0.2) is 33.7 Å². The molecule has 0 amide bonds. The number of hydrogen-bond acceptors (Lipinski definition) is 4. The van der Waals surface area contributed by atoms with Crippen molar-refractivity contribution in [1.29, 1.82) is 0 Å². The molecular formula is C12H14O6. The summed E-state index contributed by atoms with van der Waals surface area (Å²) in [5, 5.41) is 17.1. The first-order valence-corrected chi connectivity index (χ1v) is 5.13. The van der Waals surface area contributed by atoms with Crippen molar-refractivity contribution in [2.24, 2.45) is 0 Å². The number of hydrogen-bond donors (Lipinski definition) is 2. The molecule has 0 aliphatic heterocycles. The smallest absolute Gasteiger partial charge is 0.331 e. The normalized spacial score (nSPS) is 12.1. The van der Waals surface area contributed by atoms with Crippen LogP contribution in [0.4, 0.5) is 0 Å². The van der Waals surface area contributed by atoms with E-state index in [1.807, 2.05) is 0 Å². The summed E-state index contributed by atoms with van der Waals surface area (Å²) in [6.07, 6.45) is 1.60. The highest BCUT2D eigenvalue weighted by Gasteiger charge is 2.08. The van der Waals surface area contributed by atoms with Crippen LogP contribution >= 0.6 is 0 Å². The van der Waals surface area contributed by atoms with Gasteiger partial charge in [-0.15, -0.1) is 0 Å². The topological polar surface area (TPSA) is 109 Å². The fourth-order valence-corrected chi connectivity index (χ4v) is 0.997. The van der Waals surface area contributed by atoms with E-state index in [4.69, 9.17) is 10.2 Å². The molecular weight excluding hydrogens is 240 g/mol. The van der Waals surface area contributed by atoms with Gasteiger partial charge in [0, 0.05) is 24.0 Å². The minimum absolute atomic E-state index is 0.107. The Labute approximate surface area is 104 Å². The molecule has 0 atom stereocenters. The lowest BCUT2D eigenvalue weighted by Crippen LogP contribution is -2.05. The fourth-order valence-electron chi connectivity index (χ4n) is 0.997. The van der Waals surface area contributed by atoms with Gasteiger partial charge in [0.25, 0.3) is 0 Å². The standard InChI is InChI=1S/C12H14O6/c1-7(11(15)16)5-9(13)3-4-10(14)6-8(2)12(17)18/h5-6H,3-4H2,1-2H3,(H,15,16)(H,17,18). The van der Waals surface area contributed by atoms with Gasteiger partial charge in [-0.25, -0.2) is 9.59 Å². The third-order valence-corrected chi connectivity index (χ3v) is 2.05. The third kappa shape index (κ3) is 6.37. The van der Waals surface area contributed by atoms with Crippen LogP contribution in [0.15, 0.2) is 23.3 Å². The Kier molecular flexibility index (Phi) is 6.27. The Morgan fingerprint density at radius 3 is 1.28 bits per heavy atom. The van der Waals surface area contributed by atoms with Crippen molar-refractivity contribution in [2.45, 2.75) is 26.7 Å². The molecule has 0 radical (unpaired) electrons. The third-order valence-electron chi connectivity index (χ3n) is 2.05. The quantitative estimate of drug-likeness (QED) is 0.655. The van der Waals surface area contributed by atoms with Crippen molar-refractivity contribution in [1.82, 2.24) is 0 Å². The molecule has 0 saturated heterocycles. The first kappa shape index (κ1) is 15.8. The maximum atomic E-state index is 11.3. The van der Waals surface area contributed by atoms with Gasteiger partial charge in [-0.3, -0.25) is 9.59 Å². The van der Waals surface area contributed by atoms with Gasteiger partial charge in [0.2, 0.25) is 0 Å². The molecule has 0 rings (SSSR count). The van der Waals surface area contributed by atoms with Gasteiger partial charge < -0.3 is 10.2 Å². The lowest BCUT2D eigenvalue weighted by molar-refractivity contribution is -0.133. The summed E-state index contributed by atoms with van der Waals surface area (Å²) in [4.78, 5) is 43.4. The van der Waals surface area contributed by atoms with Crippen molar-refractivity contribution in [3.63, 3.8) is 0 Å². The molecule has 0 bridgehead atoms. The summed E-state index contributed by atoms with van der Waals surface area (Å²) in [6, 6.07) is 0. The van der Waals surface area contributed by atoms with Gasteiger partial charge in [0.1, 0.15) is 0 Å². The van der Waals surface area contributed by atoms with Crippen LogP contribution in [0.25, 0.3) is 0 Å². The summed E-state index contributed by atoms with van der Waals surface area (Å²) >= 11 is 0. The first-order chi connectivity index (χ1) is 8.23. The van der Waals surface area contributed by atoms with E-state index in [-0.39, 0.29) is 24.0 Å². The number of carboxylic acid groups (broad SMARTS) is 2. The van der Waals surface area contributed by atoms with Gasteiger partial charge in [-0.05, 0) is 26.0 Å². The van der Waals surface area contributed by atoms with Gasteiger partial charge in [-0.1, -0.05) is 0 Å². The lowest BCUT2D eigenvalue weighted by atomic mass is 10.1. The van der Waals surface area contributed by atoms with Gasteiger partial charge in [-0.2, -0.15) is 0 Å². The molecule has 0 aromatic carbocycles. The molecule has 0 spiro atoms. The molecule has 0 fully saturated rings. The fraction of sp³-hybridized carbons (Fsp3) is 0.333. The predicted octanol–water partition coefficient (Wildman–Crippen LogP) is 0.967. The molecule has 18 heavy (non-hydrogen) atoms. The van der Waals surface area contributed by atoms with E-state index in [1.54, 1.807) is 0 Å². The molecule has 0 aromatic heterocycles. The van der Waals surface area contributed by atoms with Crippen molar-refractivity contribution >= 4 is 23.5 Å². The molecule has 0 unspecified atom stereocenters. The largest absolute Gasteiger partial charge is 0.478 e. The summed E-state index contributed by atoms with van der Waals surface area (Å²) in [6.45, 7) is 2.55. The zero-order valence-electron chi connectivity index (χ0n) is 10.1. The average molecular weight is 254 g/mol. The second-order valence-electron chi connectivity index (χ2n) is 3.70. The Morgan fingerprint density at radius 2 is 1.06 bits per heavy atom. The average Bonchev–Trinajstić information content (AvgIpc) is 2.25. The van der Waals surface area contributed by atoms with E-state index in [0.717, 1.165) is 12.2 Å². The van der Waals surface area contributed by atoms with E-state index in [2.05, 4.69) is 0 Å².